The second-order valence-electron chi connectivity index (χ2n) is 4.56. The molecule has 94 valence electrons. The smallest absolute Gasteiger partial charge is 0.104 e. The zero-order valence-electron chi connectivity index (χ0n) is 10.5. The predicted molar refractivity (Wildman–Crippen MR) is 73.2 cm³/mol. The lowest BCUT2D eigenvalue weighted by atomic mass is 10.0. The van der Waals surface area contributed by atoms with Crippen molar-refractivity contribution >= 4 is 17.3 Å². The number of hydrogen-bond donors (Lipinski definition) is 1. The summed E-state index contributed by atoms with van der Waals surface area (Å²) in [5, 5.41) is 3.40. The summed E-state index contributed by atoms with van der Waals surface area (Å²) in [5.41, 5.74) is 3.70. The van der Waals surface area contributed by atoms with E-state index in [2.05, 4.69) is 27.1 Å². The first-order valence-electron chi connectivity index (χ1n) is 6.63. The fourth-order valence-electron chi connectivity index (χ4n) is 2.16. The standard InChI is InChI=1S/C13H21N3S/c1-2-3-4-5-8-12-13(16-17-15-12)11-7-6-9-14-10-11/h7,14H,2-6,8-10H2,1H3. The lowest BCUT2D eigenvalue weighted by Crippen LogP contribution is -2.22. The van der Waals surface area contributed by atoms with Crippen LogP contribution in [0.15, 0.2) is 6.08 Å². The molecule has 0 unspecified atom stereocenters. The van der Waals surface area contributed by atoms with Gasteiger partial charge < -0.3 is 5.32 Å². The van der Waals surface area contributed by atoms with Crippen LogP contribution in [-0.2, 0) is 6.42 Å². The highest BCUT2D eigenvalue weighted by atomic mass is 32.1. The van der Waals surface area contributed by atoms with Gasteiger partial charge in [-0.3, -0.25) is 0 Å². The van der Waals surface area contributed by atoms with E-state index in [4.69, 9.17) is 0 Å². The Morgan fingerprint density at radius 3 is 3.00 bits per heavy atom. The Labute approximate surface area is 108 Å². The highest BCUT2D eigenvalue weighted by Crippen LogP contribution is 2.21. The van der Waals surface area contributed by atoms with Crippen LogP contribution in [0.1, 0.15) is 50.4 Å². The minimum atomic E-state index is 0.952. The molecule has 0 aliphatic carbocycles. The van der Waals surface area contributed by atoms with Crippen LogP contribution in [0.5, 0.6) is 0 Å². The lowest BCUT2D eigenvalue weighted by Gasteiger charge is -2.13. The zero-order valence-corrected chi connectivity index (χ0v) is 11.4. The molecular formula is C13H21N3S. The fourth-order valence-corrected chi connectivity index (χ4v) is 2.78. The van der Waals surface area contributed by atoms with Crippen molar-refractivity contribution in [2.75, 3.05) is 13.1 Å². The third kappa shape index (κ3) is 3.61. The molecule has 0 spiro atoms. The summed E-state index contributed by atoms with van der Waals surface area (Å²) in [6.45, 7) is 4.29. The first-order chi connectivity index (χ1) is 8.42. The van der Waals surface area contributed by atoms with Crippen molar-refractivity contribution < 1.29 is 0 Å². The molecule has 0 atom stereocenters. The van der Waals surface area contributed by atoms with Gasteiger partial charge in [0.2, 0.25) is 0 Å². The minimum absolute atomic E-state index is 0.952. The molecule has 0 saturated heterocycles. The summed E-state index contributed by atoms with van der Waals surface area (Å²) in [7, 11) is 0. The first-order valence-corrected chi connectivity index (χ1v) is 7.36. The van der Waals surface area contributed by atoms with E-state index in [1.54, 1.807) is 0 Å². The van der Waals surface area contributed by atoms with Crippen molar-refractivity contribution in [2.24, 2.45) is 0 Å². The van der Waals surface area contributed by atoms with Crippen molar-refractivity contribution in [2.45, 2.75) is 45.4 Å². The minimum Gasteiger partial charge on any atom is -0.312 e. The first kappa shape index (κ1) is 12.7. The van der Waals surface area contributed by atoms with Crippen LogP contribution < -0.4 is 5.32 Å². The third-order valence-electron chi connectivity index (χ3n) is 3.16. The highest BCUT2D eigenvalue weighted by molar-refractivity contribution is 6.99. The quantitative estimate of drug-likeness (QED) is 0.790. The van der Waals surface area contributed by atoms with E-state index in [9.17, 15) is 0 Å². The van der Waals surface area contributed by atoms with E-state index in [1.165, 1.54) is 48.7 Å². The van der Waals surface area contributed by atoms with Gasteiger partial charge in [-0.15, -0.1) is 0 Å². The van der Waals surface area contributed by atoms with E-state index < -0.39 is 0 Å². The topological polar surface area (TPSA) is 37.8 Å². The van der Waals surface area contributed by atoms with Crippen LogP contribution in [0.4, 0.5) is 0 Å². The van der Waals surface area contributed by atoms with Crippen LogP contribution in [0.25, 0.3) is 5.57 Å². The number of aromatic nitrogens is 2. The third-order valence-corrected chi connectivity index (χ3v) is 3.72. The number of unbranched alkanes of at least 4 members (excludes halogenated alkanes) is 3. The largest absolute Gasteiger partial charge is 0.312 e. The van der Waals surface area contributed by atoms with Gasteiger partial charge in [0.25, 0.3) is 0 Å². The molecule has 0 amide bonds. The molecule has 1 N–H and O–H groups in total. The molecule has 0 fully saturated rings. The van der Waals surface area contributed by atoms with E-state index in [0.29, 0.717) is 0 Å². The van der Waals surface area contributed by atoms with Crippen molar-refractivity contribution in [3.8, 4) is 0 Å². The van der Waals surface area contributed by atoms with E-state index in [0.717, 1.165) is 31.6 Å². The zero-order chi connectivity index (χ0) is 11.9. The van der Waals surface area contributed by atoms with Crippen molar-refractivity contribution in [3.63, 3.8) is 0 Å². The second kappa shape index (κ2) is 6.87. The Hall–Kier alpha value is -0.740. The normalized spacial score (nSPS) is 15.9. The maximum Gasteiger partial charge on any atom is 0.104 e. The fraction of sp³-hybridized carbons (Fsp3) is 0.692. The Kier molecular flexibility index (Phi) is 5.13. The summed E-state index contributed by atoms with van der Waals surface area (Å²) in [6, 6.07) is 0. The lowest BCUT2D eigenvalue weighted by molar-refractivity contribution is 0.661. The van der Waals surface area contributed by atoms with Gasteiger partial charge in [-0.2, -0.15) is 8.75 Å². The number of nitrogens with zero attached hydrogens (tertiary/aromatic N) is 2. The molecule has 17 heavy (non-hydrogen) atoms. The molecule has 1 aliphatic rings. The summed E-state index contributed by atoms with van der Waals surface area (Å²) < 4.78 is 8.91. The number of nitrogens with one attached hydrogen (secondary N) is 1. The summed E-state index contributed by atoms with van der Waals surface area (Å²) in [4.78, 5) is 0. The maximum absolute atomic E-state index is 4.46. The Bertz CT molecular complexity index is 370. The molecule has 1 aromatic heterocycles. The van der Waals surface area contributed by atoms with E-state index in [1.807, 2.05) is 0 Å². The number of hydrogen-bond acceptors (Lipinski definition) is 4. The van der Waals surface area contributed by atoms with Crippen LogP contribution in [0.3, 0.4) is 0 Å². The molecule has 0 saturated carbocycles. The van der Waals surface area contributed by atoms with Crippen LogP contribution >= 0.6 is 11.7 Å². The summed E-state index contributed by atoms with van der Waals surface area (Å²) >= 11 is 1.36. The summed E-state index contributed by atoms with van der Waals surface area (Å²) in [6.07, 6.45) is 9.68. The number of aryl methyl sites for hydroxylation is 1. The van der Waals surface area contributed by atoms with Gasteiger partial charge in [0.15, 0.2) is 0 Å². The molecule has 3 nitrogen and oxygen atoms in total. The molecule has 0 bridgehead atoms. The monoisotopic (exact) mass is 251 g/mol. The van der Waals surface area contributed by atoms with Crippen LogP contribution in [0.2, 0.25) is 0 Å². The van der Waals surface area contributed by atoms with Gasteiger partial charge in [-0.1, -0.05) is 32.3 Å². The van der Waals surface area contributed by atoms with Gasteiger partial charge >= 0.3 is 0 Å². The van der Waals surface area contributed by atoms with Gasteiger partial charge in [-0.25, -0.2) is 0 Å². The Morgan fingerprint density at radius 1 is 1.29 bits per heavy atom. The van der Waals surface area contributed by atoms with Gasteiger partial charge in [-0.05, 0) is 31.4 Å². The molecule has 1 aliphatic heterocycles. The molecule has 4 heteroatoms. The van der Waals surface area contributed by atoms with Crippen molar-refractivity contribution in [1.82, 2.24) is 14.1 Å². The van der Waals surface area contributed by atoms with Crippen LogP contribution in [-0.4, -0.2) is 21.8 Å². The average molecular weight is 251 g/mol. The Morgan fingerprint density at radius 2 is 2.24 bits per heavy atom. The Balaban J connectivity index is 1.94. The molecule has 2 rings (SSSR count). The van der Waals surface area contributed by atoms with Crippen molar-refractivity contribution in [3.05, 3.63) is 17.5 Å². The van der Waals surface area contributed by atoms with E-state index in [-0.39, 0.29) is 0 Å². The SMILES string of the molecule is CCCCCCc1nsnc1C1=CCCNC1. The predicted octanol–water partition coefficient (Wildman–Crippen LogP) is 3.04. The molecule has 2 heterocycles. The highest BCUT2D eigenvalue weighted by Gasteiger charge is 2.14. The second-order valence-corrected chi connectivity index (χ2v) is 5.09. The van der Waals surface area contributed by atoms with Gasteiger partial charge in [0.05, 0.1) is 17.4 Å². The molecule has 1 aromatic rings. The van der Waals surface area contributed by atoms with Crippen molar-refractivity contribution in [1.29, 1.82) is 0 Å². The molecule has 0 aromatic carbocycles. The van der Waals surface area contributed by atoms with Gasteiger partial charge in [0.1, 0.15) is 5.69 Å². The summed E-state index contributed by atoms with van der Waals surface area (Å²) in [5.74, 6) is 0. The molecular weight excluding hydrogens is 230 g/mol. The maximum atomic E-state index is 4.46. The van der Waals surface area contributed by atoms with E-state index >= 15 is 0 Å². The number of rotatable bonds is 6. The van der Waals surface area contributed by atoms with Gasteiger partial charge in [0, 0.05) is 6.54 Å². The molecule has 0 radical (unpaired) electrons. The van der Waals surface area contributed by atoms with Crippen LogP contribution in [0, 0.1) is 0 Å². The average Bonchev–Trinajstić information content (AvgIpc) is 2.84.